The van der Waals surface area contributed by atoms with E-state index in [4.69, 9.17) is 14.7 Å². The minimum Gasteiger partial charge on any atom is -0.461 e. The molecule has 4 aliphatic carbocycles. The standard InChI is InChI=1S/C16H22F2O9S/c17-16(18,28-27-26-22)13(20)24-8-12(19)23-1-2-25-15-6-10-3-11(7-15)5-14(21,4-10)9-15/h10-11,21-22H,1-9H2. The van der Waals surface area contributed by atoms with Gasteiger partial charge in [0, 0.05) is 6.42 Å². The van der Waals surface area contributed by atoms with E-state index >= 15 is 0 Å². The van der Waals surface area contributed by atoms with Gasteiger partial charge in [-0.05, 0) is 43.9 Å². The number of esters is 2. The average molecular weight is 428 g/mol. The summed E-state index contributed by atoms with van der Waals surface area (Å²) in [5.74, 6) is -2.16. The zero-order chi connectivity index (χ0) is 20.4. The van der Waals surface area contributed by atoms with Gasteiger partial charge in [0.2, 0.25) is 0 Å². The van der Waals surface area contributed by atoms with Crippen molar-refractivity contribution in [2.24, 2.45) is 11.8 Å². The third kappa shape index (κ3) is 5.10. The molecule has 0 aliphatic heterocycles. The van der Waals surface area contributed by atoms with Crippen molar-refractivity contribution in [1.29, 1.82) is 0 Å². The Kier molecular flexibility index (Phi) is 6.47. The molecule has 160 valence electrons. The molecule has 0 aromatic carbocycles. The number of carbonyl (C=O) groups is 2. The summed E-state index contributed by atoms with van der Waals surface area (Å²) in [6.07, 6.45) is 5.07. The van der Waals surface area contributed by atoms with Crippen LogP contribution in [0.3, 0.4) is 0 Å². The van der Waals surface area contributed by atoms with Gasteiger partial charge in [-0.2, -0.15) is 8.78 Å². The van der Waals surface area contributed by atoms with Crippen molar-refractivity contribution in [3.05, 3.63) is 0 Å². The molecule has 0 saturated heterocycles. The molecule has 4 fully saturated rings. The molecule has 2 atom stereocenters. The molecular formula is C16H22F2O9S. The first kappa shape index (κ1) is 21.7. The van der Waals surface area contributed by atoms with E-state index in [1.54, 1.807) is 0 Å². The Hall–Kier alpha value is -1.05. The van der Waals surface area contributed by atoms with Gasteiger partial charge in [0.25, 0.3) is 0 Å². The van der Waals surface area contributed by atoms with Gasteiger partial charge in [0.15, 0.2) is 6.61 Å². The molecule has 2 unspecified atom stereocenters. The number of alkyl halides is 2. The van der Waals surface area contributed by atoms with Crippen LogP contribution in [0.25, 0.3) is 0 Å². The first-order valence-corrected chi connectivity index (χ1v) is 9.62. The maximum absolute atomic E-state index is 13.1. The van der Waals surface area contributed by atoms with Crippen molar-refractivity contribution in [2.75, 3.05) is 19.8 Å². The minimum absolute atomic E-state index is 0.100. The topological polar surface area (TPSA) is 121 Å². The van der Waals surface area contributed by atoms with Crippen LogP contribution in [0.5, 0.6) is 0 Å². The molecule has 0 amide bonds. The number of carbonyl (C=O) groups excluding carboxylic acids is 2. The van der Waals surface area contributed by atoms with Crippen LogP contribution >= 0.6 is 12.0 Å². The second-order valence-electron chi connectivity index (χ2n) is 7.76. The van der Waals surface area contributed by atoms with Crippen LogP contribution in [-0.4, -0.2) is 58.6 Å². The molecule has 4 bridgehead atoms. The SMILES string of the molecule is O=C(COC(=O)C(F)(F)SOOO)OCCOC12CC3CC(CC(O)(C3)C1)C2. The van der Waals surface area contributed by atoms with Crippen LogP contribution in [0.1, 0.15) is 38.5 Å². The lowest BCUT2D eigenvalue weighted by Gasteiger charge is -2.59. The summed E-state index contributed by atoms with van der Waals surface area (Å²) in [5, 5.41) is 17.2. The third-order valence-electron chi connectivity index (χ3n) is 5.46. The number of hydrogen-bond donors (Lipinski definition) is 2. The summed E-state index contributed by atoms with van der Waals surface area (Å²) in [6, 6.07) is 0. The van der Waals surface area contributed by atoms with Gasteiger partial charge in [-0.1, -0.05) is 5.04 Å². The first-order valence-electron chi connectivity index (χ1n) is 8.88. The van der Waals surface area contributed by atoms with E-state index in [2.05, 4.69) is 14.1 Å². The minimum atomic E-state index is -4.18. The fraction of sp³-hybridized carbons (Fsp3) is 0.875. The van der Waals surface area contributed by atoms with Crippen LogP contribution in [0.4, 0.5) is 8.78 Å². The third-order valence-corrected chi connectivity index (χ3v) is 5.96. The summed E-state index contributed by atoms with van der Waals surface area (Å²) >= 11 is -0.786. The Morgan fingerprint density at radius 2 is 1.79 bits per heavy atom. The van der Waals surface area contributed by atoms with E-state index < -0.39 is 47.0 Å². The smallest absolute Gasteiger partial charge is 0.415 e. The van der Waals surface area contributed by atoms with Crippen LogP contribution in [0.15, 0.2) is 0 Å². The highest BCUT2D eigenvalue weighted by molar-refractivity contribution is 7.96. The normalized spacial score (nSPS) is 33.7. The van der Waals surface area contributed by atoms with E-state index in [0.29, 0.717) is 18.3 Å². The van der Waals surface area contributed by atoms with Gasteiger partial charge in [0.05, 0.1) is 17.8 Å². The van der Waals surface area contributed by atoms with Gasteiger partial charge < -0.3 is 19.3 Å². The molecule has 0 radical (unpaired) electrons. The maximum atomic E-state index is 13.1. The van der Waals surface area contributed by atoms with Gasteiger partial charge in [0.1, 0.15) is 18.6 Å². The van der Waals surface area contributed by atoms with Gasteiger partial charge in [-0.15, -0.1) is 4.33 Å². The Morgan fingerprint density at radius 3 is 2.39 bits per heavy atom. The fourth-order valence-electron chi connectivity index (χ4n) is 5.06. The Balaban J connectivity index is 1.34. The van der Waals surface area contributed by atoms with Crippen molar-refractivity contribution < 1.29 is 52.3 Å². The second kappa shape index (κ2) is 8.36. The van der Waals surface area contributed by atoms with E-state index in [9.17, 15) is 23.5 Å². The lowest BCUT2D eigenvalue weighted by Crippen LogP contribution is -2.60. The lowest BCUT2D eigenvalue weighted by molar-refractivity contribution is -0.433. The van der Waals surface area contributed by atoms with Gasteiger partial charge in [-0.25, -0.2) is 14.8 Å². The van der Waals surface area contributed by atoms with E-state index in [1.165, 1.54) is 0 Å². The van der Waals surface area contributed by atoms with Crippen LogP contribution < -0.4 is 0 Å². The number of ether oxygens (including phenoxy) is 3. The largest absolute Gasteiger partial charge is 0.461 e. The summed E-state index contributed by atoms with van der Waals surface area (Å²) in [4.78, 5) is 22.6. The molecule has 0 aromatic rings. The van der Waals surface area contributed by atoms with Crippen LogP contribution in [-0.2, 0) is 33.2 Å². The molecule has 0 aromatic heterocycles. The van der Waals surface area contributed by atoms with Gasteiger partial charge >= 0.3 is 17.2 Å². The molecule has 2 N–H and O–H groups in total. The Morgan fingerprint density at radius 1 is 1.11 bits per heavy atom. The van der Waals surface area contributed by atoms with Crippen LogP contribution in [0.2, 0.25) is 0 Å². The summed E-state index contributed by atoms with van der Waals surface area (Å²) in [7, 11) is 0. The molecule has 28 heavy (non-hydrogen) atoms. The number of halogens is 2. The van der Waals surface area contributed by atoms with Crippen LogP contribution in [0, 0.1) is 11.8 Å². The monoisotopic (exact) mass is 428 g/mol. The highest BCUT2D eigenvalue weighted by Gasteiger charge is 2.57. The van der Waals surface area contributed by atoms with E-state index in [0.717, 1.165) is 32.1 Å². The van der Waals surface area contributed by atoms with E-state index in [1.807, 2.05) is 0 Å². The number of rotatable bonds is 10. The molecular weight excluding hydrogens is 406 g/mol. The maximum Gasteiger partial charge on any atom is 0.415 e. The molecule has 0 spiro atoms. The average Bonchev–Trinajstić information content (AvgIpc) is 2.59. The second-order valence-corrected chi connectivity index (χ2v) is 8.57. The predicted molar refractivity (Wildman–Crippen MR) is 87.6 cm³/mol. The zero-order valence-corrected chi connectivity index (χ0v) is 15.8. The van der Waals surface area contributed by atoms with E-state index in [-0.39, 0.29) is 13.2 Å². The van der Waals surface area contributed by atoms with Crippen molar-refractivity contribution in [2.45, 2.75) is 55.0 Å². The summed E-state index contributed by atoms with van der Waals surface area (Å²) < 4.78 is 44.7. The van der Waals surface area contributed by atoms with Crippen molar-refractivity contribution >= 4 is 24.0 Å². The molecule has 4 rings (SSSR count). The molecule has 9 nitrogen and oxygen atoms in total. The summed E-state index contributed by atoms with van der Waals surface area (Å²) in [5.41, 5.74) is -1.06. The first-order chi connectivity index (χ1) is 13.2. The lowest BCUT2D eigenvalue weighted by atomic mass is 9.52. The molecule has 4 aliphatic rings. The van der Waals surface area contributed by atoms with Gasteiger partial charge in [-0.3, -0.25) is 0 Å². The summed E-state index contributed by atoms with van der Waals surface area (Å²) in [6.45, 7) is -1.04. The number of hydrogen-bond acceptors (Lipinski definition) is 10. The molecule has 12 heteroatoms. The highest BCUT2D eigenvalue weighted by atomic mass is 32.2. The Bertz CT molecular complexity index is 589. The predicted octanol–water partition coefficient (Wildman–Crippen LogP) is 1.84. The van der Waals surface area contributed by atoms with Crippen molar-refractivity contribution in [3.8, 4) is 0 Å². The molecule has 0 heterocycles. The number of aliphatic hydroxyl groups is 1. The van der Waals surface area contributed by atoms with Crippen molar-refractivity contribution in [3.63, 3.8) is 0 Å². The quantitative estimate of drug-likeness (QED) is 0.175. The molecule has 4 saturated carbocycles. The highest BCUT2D eigenvalue weighted by Crippen LogP contribution is 2.58. The van der Waals surface area contributed by atoms with Crippen molar-refractivity contribution in [1.82, 2.24) is 0 Å². The Labute approximate surface area is 163 Å². The zero-order valence-electron chi connectivity index (χ0n) is 14.9. The fourth-order valence-corrected chi connectivity index (χ4v) is 5.30.